The Hall–Kier alpha value is -1.56. The van der Waals surface area contributed by atoms with Gasteiger partial charge in [-0.05, 0) is 45.2 Å². The van der Waals surface area contributed by atoms with E-state index in [1.54, 1.807) is 13.0 Å². The Balaban J connectivity index is 2.22. The van der Waals surface area contributed by atoms with Gasteiger partial charge in [-0.25, -0.2) is 9.78 Å². The molecule has 0 spiro atoms. The van der Waals surface area contributed by atoms with E-state index in [0.717, 1.165) is 31.6 Å². The molecule has 1 N–H and O–H groups in total. The lowest BCUT2D eigenvalue weighted by molar-refractivity contribution is -0.129. The minimum atomic E-state index is -0.997. The summed E-state index contributed by atoms with van der Waals surface area (Å²) in [6.45, 7) is 7.01. The molecule has 1 unspecified atom stereocenters. The molecule has 1 aliphatic rings. The number of thioether (sulfide) groups is 1. The highest BCUT2D eigenvalue weighted by molar-refractivity contribution is 8.00. The number of nitrogens with zero attached hydrogens (tertiary/aromatic N) is 2. The van der Waals surface area contributed by atoms with Gasteiger partial charge in [0.25, 0.3) is 0 Å². The predicted octanol–water partition coefficient (Wildman–Crippen LogP) is 2.50. The highest BCUT2D eigenvalue weighted by Gasteiger charge is 2.26. The monoisotopic (exact) mass is 308 g/mol. The molecule has 0 radical (unpaired) electrons. The van der Waals surface area contributed by atoms with Crippen LogP contribution in [0.2, 0.25) is 0 Å². The van der Waals surface area contributed by atoms with E-state index in [4.69, 9.17) is 0 Å². The smallest absolute Gasteiger partial charge is 0.338 e. The van der Waals surface area contributed by atoms with Crippen molar-refractivity contribution in [2.75, 3.05) is 13.1 Å². The number of carboxylic acids is 1. The first-order valence-electron chi connectivity index (χ1n) is 7.07. The predicted molar refractivity (Wildman–Crippen MR) is 81.8 cm³/mol. The number of hydrogen-bond acceptors (Lipinski definition) is 4. The third-order valence-electron chi connectivity index (χ3n) is 3.58. The van der Waals surface area contributed by atoms with E-state index in [1.807, 2.05) is 18.7 Å². The summed E-state index contributed by atoms with van der Waals surface area (Å²) < 4.78 is 0. The maximum absolute atomic E-state index is 12.3. The molecule has 1 aliphatic heterocycles. The molecule has 21 heavy (non-hydrogen) atoms. The van der Waals surface area contributed by atoms with Crippen molar-refractivity contribution in [2.24, 2.45) is 0 Å². The van der Waals surface area contributed by atoms with Gasteiger partial charge in [0.05, 0.1) is 10.8 Å². The zero-order valence-electron chi connectivity index (χ0n) is 12.5. The zero-order valence-corrected chi connectivity index (χ0v) is 13.4. The number of amides is 1. The average molecular weight is 308 g/mol. The molecule has 2 heterocycles. The fourth-order valence-corrected chi connectivity index (χ4v) is 3.71. The molecule has 0 aliphatic carbocycles. The van der Waals surface area contributed by atoms with E-state index in [9.17, 15) is 14.7 Å². The van der Waals surface area contributed by atoms with Gasteiger partial charge in [0.2, 0.25) is 5.91 Å². The maximum atomic E-state index is 12.3. The summed E-state index contributed by atoms with van der Waals surface area (Å²) >= 11 is 1.24. The maximum Gasteiger partial charge on any atom is 0.338 e. The molecule has 1 saturated heterocycles. The molecule has 114 valence electrons. The average Bonchev–Trinajstić information content (AvgIpc) is 2.89. The van der Waals surface area contributed by atoms with E-state index in [-0.39, 0.29) is 16.7 Å². The summed E-state index contributed by atoms with van der Waals surface area (Å²) in [5, 5.41) is 9.46. The quantitative estimate of drug-likeness (QED) is 0.865. The minimum Gasteiger partial charge on any atom is -0.478 e. The van der Waals surface area contributed by atoms with Gasteiger partial charge in [-0.15, -0.1) is 0 Å². The Morgan fingerprint density at radius 3 is 2.52 bits per heavy atom. The van der Waals surface area contributed by atoms with E-state index < -0.39 is 5.97 Å². The third kappa shape index (κ3) is 3.56. The van der Waals surface area contributed by atoms with Crippen LogP contribution in [0, 0.1) is 13.8 Å². The number of carbonyl (C=O) groups excluding carboxylic acids is 1. The summed E-state index contributed by atoms with van der Waals surface area (Å²) in [6, 6.07) is 1.75. The second-order valence-corrected chi connectivity index (χ2v) is 6.69. The van der Waals surface area contributed by atoms with E-state index in [0.29, 0.717) is 10.6 Å². The molecule has 1 fully saturated rings. The van der Waals surface area contributed by atoms with E-state index >= 15 is 0 Å². The zero-order chi connectivity index (χ0) is 15.6. The highest BCUT2D eigenvalue weighted by Crippen LogP contribution is 2.29. The second-order valence-electron chi connectivity index (χ2n) is 5.36. The van der Waals surface area contributed by atoms with Crippen LogP contribution in [0.1, 0.15) is 41.4 Å². The minimum absolute atomic E-state index is 0.0646. The number of aromatic carboxylic acids is 1. The molecule has 2 rings (SSSR count). The first kappa shape index (κ1) is 15.8. The summed E-state index contributed by atoms with van der Waals surface area (Å²) in [7, 11) is 0. The topological polar surface area (TPSA) is 70.5 Å². The fourth-order valence-electron chi connectivity index (χ4n) is 2.56. The molecule has 0 aromatic carbocycles. The SMILES string of the molecule is Cc1cc(C)c(C(=O)O)c(SC(C)C(=O)N2CCCC2)n1. The molecule has 0 bridgehead atoms. The van der Waals surface area contributed by atoms with E-state index in [1.165, 1.54) is 11.8 Å². The fraction of sp³-hybridized carbons (Fsp3) is 0.533. The van der Waals surface area contributed by atoms with Crippen molar-refractivity contribution >= 4 is 23.6 Å². The molecule has 6 heteroatoms. The normalized spacial score (nSPS) is 16.0. The van der Waals surface area contributed by atoms with Crippen LogP contribution in [0.4, 0.5) is 0 Å². The van der Waals surface area contributed by atoms with Gasteiger partial charge in [-0.3, -0.25) is 4.79 Å². The van der Waals surface area contributed by atoms with Crippen LogP contribution in [0.15, 0.2) is 11.1 Å². The standard InChI is InChI=1S/C15H20N2O3S/c1-9-8-10(2)16-13(12(9)15(19)20)21-11(3)14(18)17-6-4-5-7-17/h8,11H,4-7H2,1-3H3,(H,19,20). The van der Waals surface area contributed by atoms with Crippen LogP contribution in [0.3, 0.4) is 0 Å². The number of rotatable bonds is 4. The van der Waals surface area contributed by atoms with Crippen molar-refractivity contribution in [1.29, 1.82) is 0 Å². The van der Waals surface area contributed by atoms with Crippen molar-refractivity contribution in [3.8, 4) is 0 Å². The lowest BCUT2D eigenvalue weighted by Crippen LogP contribution is -2.34. The molecule has 5 nitrogen and oxygen atoms in total. The van der Waals surface area contributed by atoms with Crippen molar-refractivity contribution < 1.29 is 14.7 Å². The van der Waals surface area contributed by atoms with Crippen LogP contribution in [-0.4, -0.2) is 45.2 Å². The van der Waals surface area contributed by atoms with Gasteiger partial charge in [-0.2, -0.15) is 0 Å². The lowest BCUT2D eigenvalue weighted by atomic mass is 10.1. The number of likely N-dealkylation sites (tertiary alicyclic amines) is 1. The molecular weight excluding hydrogens is 288 g/mol. The van der Waals surface area contributed by atoms with Crippen LogP contribution < -0.4 is 0 Å². The van der Waals surface area contributed by atoms with Crippen LogP contribution in [-0.2, 0) is 4.79 Å². The number of hydrogen-bond donors (Lipinski definition) is 1. The lowest BCUT2D eigenvalue weighted by Gasteiger charge is -2.20. The number of carbonyl (C=O) groups is 2. The van der Waals surface area contributed by atoms with Gasteiger partial charge in [0.1, 0.15) is 5.03 Å². The molecule has 1 aromatic rings. The number of aromatic nitrogens is 1. The number of pyridine rings is 1. The summed E-state index contributed by atoms with van der Waals surface area (Å²) in [4.78, 5) is 29.9. The van der Waals surface area contributed by atoms with Gasteiger partial charge in [0, 0.05) is 18.8 Å². The Morgan fingerprint density at radius 2 is 1.95 bits per heavy atom. The molecule has 1 aromatic heterocycles. The Morgan fingerprint density at radius 1 is 1.33 bits per heavy atom. The van der Waals surface area contributed by atoms with Gasteiger partial charge in [-0.1, -0.05) is 11.8 Å². The van der Waals surface area contributed by atoms with Crippen molar-refractivity contribution in [3.63, 3.8) is 0 Å². The van der Waals surface area contributed by atoms with Crippen LogP contribution in [0.5, 0.6) is 0 Å². The van der Waals surface area contributed by atoms with Gasteiger partial charge in [0.15, 0.2) is 0 Å². The van der Waals surface area contributed by atoms with E-state index in [2.05, 4.69) is 4.98 Å². The van der Waals surface area contributed by atoms with Gasteiger partial charge < -0.3 is 10.0 Å². The van der Waals surface area contributed by atoms with Gasteiger partial charge >= 0.3 is 5.97 Å². The van der Waals surface area contributed by atoms with Crippen molar-refractivity contribution in [3.05, 3.63) is 22.9 Å². The molecular formula is C15H20N2O3S. The second kappa shape index (κ2) is 6.47. The first-order valence-corrected chi connectivity index (χ1v) is 7.95. The largest absolute Gasteiger partial charge is 0.478 e. The first-order chi connectivity index (χ1) is 9.90. The molecule has 0 saturated carbocycles. The molecule has 1 atom stereocenters. The number of aryl methyl sites for hydroxylation is 2. The number of carboxylic acid groups (broad SMARTS) is 1. The van der Waals surface area contributed by atoms with Crippen LogP contribution in [0.25, 0.3) is 0 Å². The molecule has 1 amide bonds. The summed E-state index contributed by atoms with van der Waals surface area (Å²) in [5.74, 6) is -0.932. The highest BCUT2D eigenvalue weighted by atomic mass is 32.2. The third-order valence-corrected chi connectivity index (χ3v) is 4.65. The van der Waals surface area contributed by atoms with Crippen molar-refractivity contribution in [2.45, 2.75) is 43.9 Å². The Bertz CT molecular complexity index is 568. The summed E-state index contributed by atoms with van der Waals surface area (Å²) in [6.07, 6.45) is 2.09. The Kier molecular flexibility index (Phi) is 4.88. The van der Waals surface area contributed by atoms with Crippen LogP contribution >= 0.6 is 11.8 Å². The Labute approximate surface area is 128 Å². The van der Waals surface area contributed by atoms with Crippen molar-refractivity contribution in [1.82, 2.24) is 9.88 Å². The summed E-state index contributed by atoms with van der Waals surface area (Å²) in [5.41, 5.74) is 1.64.